The van der Waals surface area contributed by atoms with Gasteiger partial charge in [-0.1, -0.05) is 68.3 Å². The zero-order valence-corrected chi connectivity index (χ0v) is 11.2. The van der Waals surface area contributed by atoms with Gasteiger partial charge in [-0.25, -0.2) is 0 Å². The summed E-state index contributed by atoms with van der Waals surface area (Å²) in [5.74, 6) is 2.45. The molecule has 0 N–H and O–H groups in total. The van der Waals surface area contributed by atoms with Crippen LogP contribution in [0, 0.1) is 0 Å². The van der Waals surface area contributed by atoms with Crippen LogP contribution < -0.4 is 0 Å². The van der Waals surface area contributed by atoms with Gasteiger partial charge in [0, 0.05) is 0 Å². The molecule has 0 aromatic carbocycles. The molecule has 0 unspecified atom stereocenters. The first kappa shape index (κ1) is 13.2. The molecule has 0 radical (unpaired) electrons. The molecule has 0 atom stereocenters. The summed E-state index contributed by atoms with van der Waals surface area (Å²) in [4.78, 5) is 0. The molecule has 0 spiro atoms. The van der Waals surface area contributed by atoms with E-state index in [4.69, 9.17) is 0 Å². The second kappa shape index (κ2) is 4.60. The van der Waals surface area contributed by atoms with E-state index in [1.165, 1.54) is 0 Å². The number of rotatable bonds is 2. The fraction of sp³-hybridized carbons (Fsp3) is 0.833. The molecule has 0 aromatic heterocycles. The van der Waals surface area contributed by atoms with Crippen LogP contribution in [0.4, 0.5) is 0 Å². The quantitative estimate of drug-likeness (QED) is 0.551. The van der Waals surface area contributed by atoms with Crippen molar-refractivity contribution in [1.29, 1.82) is 0 Å². The Morgan fingerprint density at radius 1 is 0.923 bits per heavy atom. The van der Waals surface area contributed by atoms with Crippen molar-refractivity contribution in [3.63, 3.8) is 0 Å². The van der Waals surface area contributed by atoms with Crippen molar-refractivity contribution in [1.82, 2.24) is 0 Å². The summed E-state index contributed by atoms with van der Waals surface area (Å²) in [6.07, 6.45) is 3.48. The minimum absolute atomic E-state index is 0.0292. The Bertz CT molecular complexity index is 153. The summed E-state index contributed by atoms with van der Waals surface area (Å²) in [5, 5.41) is 0.860. The van der Waals surface area contributed by atoms with Gasteiger partial charge in [0.1, 0.15) is 0 Å². The highest BCUT2D eigenvalue weighted by Gasteiger charge is 2.31. The molecule has 0 saturated carbocycles. The first-order valence-electron chi connectivity index (χ1n) is 5.15. The first-order chi connectivity index (χ1) is 5.69. The van der Waals surface area contributed by atoms with Crippen molar-refractivity contribution in [2.75, 3.05) is 0 Å². The molecule has 0 bridgehead atoms. The Labute approximate surface area is 85.6 Å². The normalized spacial score (nSPS) is 14.5. The Hall–Kier alpha value is 0.170. The molecular formula is C12H25P. The van der Waals surface area contributed by atoms with E-state index in [0.717, 1.165) is 6.42 Å². The molecule has 13 heavy (non-hydrogen) atoms. The summed E-state index contributed by atoms with van der Waals surface area (Å²) >= 11 is 0. The third kappa shape index (κ3) is 4.81. The topological polar surface area (TPSA) is 0 Å². The Balaban J connectivity index is 4.68. The molecular weight excluding hydrogens is 175 g/mol. The zero-order chi connectivity index (χ0) is 10.7. The van der Waals surface area contributed by atoms with Crippen molar-refractivity contribution < 1.29 is 0 Å². The molecule has 78 valence electrons. The largest absolute Gasteiger partial charge is 0.0843 e. The van der Waals surface area contributed by atoms with E-state index in [1.54, 1.807) is 0 Å². The lowest BCUT2D eigenvalue weighted by atomic mass is 10.2. The fourth-order valence-corrected chi connectivity index (χ4v) is 4.99. The molecule has 0 amide bonds. The van der Waals surface area contributed by atoms with Gasteiger partial charge < -0.3 is 0 Å². The van der Waals surface area contributed by atoms with Gasteiger partial charge in [0.15, 0.2) is 0 Å². The van der Waals surface area contributed by atoms with Crippen molar-refractivity contribution in [3.05, 3.63) is 11.9 Å². The minimum Gasteiger partial charge on any atom is -0.0843 e. The van der Waals surface area contributed by atoms with Crippen LogP contribution >= 0.6 is 7.92 Å². The summed E-state index contributed by atoms with van der Waals surface area (Å²) in [5.41, 5.74) is 0. The van der Waals surface area contributed by atoms with Crippen LogP contribution in [0.3, 0.4) is 0 Å². The van der Waals surface area contributed by atoms with Gasteiger partial charge in [-0.05, 0) is 16.7 Å². The standard InChI is InChI=1S/C12H25P/c1-8-9-10-13(11(2,3)4)12(5,6)7/h9-10H,8H2,1-7H3/b10-9+. The third-order valence-electron chi connectivity index (χ3n) is 1.94. The van der Waals surface area contributed by atoms with E-state index >= 15 is 0 Å². The van der Waals surface area contributed by atoms with E-state index in [9.17, 15) is 0 Å². The van der Waals surface area contributed by atoms with Crippen molar-refractivity contribution in [3.8, 4) is 0 Å². The fourth-order valence-electron chi connectivity index (χ4n) is 1.66. The van der Waals surface area contributed by atoms with E-state index in [0.29, 0.717) is 10.3 Å². The summed E-state index contributed by atoms with van der Waals surface area (Å²) in [6, 6.07) is 0. The highest BCUT2D eigenvalue weighted by molar-refractivity contribution is 7.63. The van der Waals surface area contributed by atoms with Crippen LogP contribution in [0.1, 0.15) is 54.9 Å². The highest BCUT2D eigenvalue weighted by atomic mass is 31.1. The average molecular weight is 200 g/mol. The maximum Gasteiger partial charge on any atom is -0.0140 e. The molecule has 0 saturated heterocycles. The second-order valence-electron chi connectivity index (χ2n) is 5.50. The molecule has 0 aromatic rings. The van der Waals surface area contributed by atoms with Gasteiger partial charge in [0.25, 0.3) is 0 Å². The van der Waals surface area contributed by atoms with Crippen LogP contribution in [0.15, 0.2) is 11.9 Å². The molecule has 0 heterocycles. The number of hydrogen-bond donors (Lipinski definition) is 0. The average Bonchev–Trinajstić information content (AvgIpc) is 1.81. The summed E-state index contributed by atoms with van der Waals surface area (Å²) in [6.45, 7) is 16.3. The van der Waals surface area contributed by atoms with Gasteiger partial charge in [0.05, 0.1) is 0 Å². The monoisotopic (exact) mass is 200 g/mol. The minimum atomic E-state index is -0.0292. The summed E-state index contributed by atoms with van der Waals surface area (Å²) < 4.78 is 0. The predicted molar refractivity (Wildman–Crippen MR) is 65.9 cm³/mol. The number of allylic oxidation sites excluding steroid dienone is 1. The van der Waals surface area contributed by atoms with Gasteiger partial charge in [-0.15, -0.1) is 0 Å². The van der Waals surface area contributed by atoms with Crippen LogP contribution in [-0.2, 0) is 0 Å². The first-order valence-corrected chi connectivity index (χ1v) is 6.56. The van der Waals surface area contributed by atoms with E-state index in [-0.39, 0.29) is 7.92 Å². The summed E-state index contributed by atoms with van der Waals surface area (Å²) in [7, 11) is -0.0292. The van der Waals surface area contributed by atoms with Crippen LogP contribution in [0.2, 0.25) is 0 Å². The van der Waals surface area contributed by atoms with Crippen molar-refractivity contribution in [2.45, 2.75) is 65.2 Å². The predicted octanol–water partition coefficient (Wildman–Crippen LogP) is 4.99. The molecule has 1 heteroatoms. The van der Waals surface area contributed by atoms with E-state index in [1.807, 2.05) is 0 Å². The smallest absolute Gasteiger partial charge is 0.0140 e. The highest BCUT2D eigenvalue weighted by Crippen LogP contribution is 2.60. The maximum absolute atomic E-state index is 2.45. The van der Waals surface area contributed by atoms with Crippen molar-refractivity contribution in [2.24, 2.45) is 0 Å². The maximum atomic E-state index is 2.45. The van der Waals surface area contributed by atoms with Gasteiger partial charge >= 0.3 is 0 Å². The van der Waals surface area contributed by atoms with Gasteiger partial charge in [-0.3, -0.25) is 0 Å². The second-order valence-corrected chi connectivity index (χ2v) is 9.23. The van der Waals surface area contributed by atoms with Gasteiger partial charge in [0.2, 0.25) is 0 Å². The Morgan fingerprint density at radius 3 is 1.54 bits per heavy atom. The molecule has 0 aliphatic carbocycles. The lowest BCUT2D eigenvalue weighted by Crippen LogP contribution is -2.23. The van der Waals surface area contributed by atoms with Crippen LogP contribution in [0.25, 0.3) is 0 Å². The molecule has 0 nitrogen and oxygen atoms in total. The molecule has 0 rings (SSSR count). The lowest BCUT2D eigenvalue weighted by molar-refractivity contribution is 0.714. The lowest BCUT2D eigenvalue weighted by Gasteiger charge is -2.39. The Kier molecular flexibility index (Phi) is 4.66. The Morgan fingerprint density at radius 2 is 1.31 bits per heavy atom. The third-order valence-corrected chi connectivity index (χ3v) is 5.34. The SMILES string of the molecule is CC/C=C/P(C(C)(C)C)C(C)(C)C. The van der Waals surface area contributed by atoms with Gasteiger partial charge in [-0.2, -0.15) is 0 Å². The van der Waals surface area contributed by atoms with E-state index < -0.39 is 0 Å². The molecule has 0 fully saturated rings. The van der Waals surface area contributed by atoms with Crippen LogP contribution in [0.5, 0.6) is 0 Å². The van der Waals surface area contributed by atoms with Crippen molar-refractivity contribution >= 4 is 7.92 Å². The zero-order valence-electron chi connectivity index (χ0n) is 10.3. The number of hydrogen-bond acceptors (Lipinski definition) is 0. The molecule has 0 aliphatic heterocycles. The van der Waals surface area contributed by atoms with Crippen LogP contribution in [-0.4, -0.2) is 10.3 Å². The molecule has 0 aliphatic rings. The van der Waals surface area contributed by atoms with E-state index in [2.05, 4.69) is 60.4 Å².